The average molecular weight is 349 g/mol. The Hall–Kier alpha value is -2.35. The van der Waals surface area contributed by atoms with E-state index in [0.29, 0.717) is 17.5 Å². The minimum Gasteiger partial charge on any atom is -0.361 e. The molecular formula is C16H23N5O2S. The van der Waals surface area contributed by atoms with Crippen LogP contribution in [0.1, 0.15) is 11.1 Å². The van der Waals surface area contributed by atoms with Gasteiger partial charge in [0.05, 0.1) is 11.1 Å². The molecule has 0 aliphatic heterocycles. The maximum atomic E-state index is 12.7. The summed E-state index contributed by atoms with van der Waals surface area (Å²) in [5, 5.41) is 0. The number of sulfonamides is 1. The minimum atomic E-state index is -3.71. The van der Waals surface area contributed by atoms with Crippen LogP contribution >= 0.6 is 0 Å². The molecule has 0 aliphatic carbocycles. The summed E-state index contributed by atoms with van der Waals surface area (Å²) in [4.78, 5) is 12.3. The maximum Gasteiger partial charge on any atom is 0.262 e. The predicted octanol–water partition coefficient (Wildman–Crippen LogP) is 2.03. The van der Waals surface area contributed by atoms with E-state index in [2.05, 4.69) is 14.7 Å². The molecule has 2 rings (SSSR count). The highest BCUT2D eigenvalue weighted by molar-refractivity contribution is 7.92. The first-order chi connectivity index (χ1) is 11.1. The lowest BCUT2D eigenvalue weighted by atomic mass is 10.1. The van der Waals surface area contributed by atoms with Gasteiger partial charge >= 0.3 is 0 Å². The van der Waals surface area contributed by atoms with E-state index in [1.54, 1.807) is 42.1 Å². The van der Waals surface area contributed by atoms with Gasteiger partial charge in [-0.1, -0.05) is 6.07 Å². The SMILES string of the molecule is Cc1ccc(S(=O)(=O)Nc2cnc(N(C)C)nc2N(C)C)cc1C. The lowest BCUT2D eigenvalue weighted by Gasteiger charge is -2.19. The second-order valence-electron chi connectivity index (χ2n) is 6.05. The number of aromatic nitrogens is 2. The first kappa shape index (κ1) is 18.0. The molecule has 1 aromatic heterocycles. The van der Waals surface area contributed by atoms with Gasteiger partial charge in [-0.3, -0.25) is 4.72 Å². The van der Waals surface area contributed by atoms with E-state index in [9.17, 15) is 8.42 Å². The van der Waals surface area contributed by atoms with Crippen LogP contribution in [0, 0.1) is 13.8 Å². The van der Waals surface area contributed by atoms with Crippen LogP contribution in [0.15, 0.2) is 29.3 Å². The summed E-state index contributed by atoms with van der Waals surface area (Å²) in [5.41, 5.74) is 2.30. The van der Waals surface area contributed by atoms with Crippen LogP contribution in [0.2, 0.25) is 0 Å². The van der Waals surface area contributed by atoms with Crippen molar-refractivity contribution in [2.45, 2.75) is 18.7 Å². The van der Waals surface area contributed by atoms with Gasteiger partial charge in [0.1, 0.15) is 5.69 Å². The summed E-state index contributed by atoms with van der Waals surface area (Å²) in [5.74, 6) is 1.01. The average Bonchev–Trinajstić information content (AvgIpc) is 2.49. The van der Waals surface area contributed by atoms with E-state index >= 15 is 0 Å². The molecule has 0 radical (unpaired) electrons. The van der Waals surface area contributed by atoms with Crippen molar-refractivity contribution < 1.29 is 8.42 Å². The van der Waals surface area contributed by atoms with Crippen molar-refractivity contribution in [3.63, 3.8) is 0 Å². The second kappa shape index (κ2) is 6.64. The quantitative estimate of drug-likeness (QED) is 0.890. The summed E-state index contributed by atoms with van der Waals surface area (Å²) in [7, 11) is 3.54. The highest BCUT2D eigenvalue weighted by atomic mass is 32.2. The predicted molar refractivity (Wildman–Crippen MR) is 97.4 cm³/mol. The third-order valence-corrected chi connectivity index (χ3v) is 4.98. The second-order valence-corrected chi connectivity index (χ2v) is 7.73. The van der Waals surface area contributed by atoms with Gasteiger partial charge in [-0.25, -0.2) is 13.4 Å². The Morgan fingerprint density at radius 2 is 1.67 bits per heavy atom. The lowest BCUT2D eigenvalue weighted by molar-refractivity contribution is 0.601. The molecule has 0 unspecified atom stereocenters. The largest absolute Gasteiger partial charge is 0.361 e. The zero-order chi connectivity index (χ0) is 18.1. The van der Waals surface area contributed by atoms with Crippen molar-refractivity contribution in [3.05, 3.63) is 35.5 Å². The van der Waals surface area contributed by atoms with Crippen LogP contribution in [0.4, 0.5) is 17.5 Å². The smallest absolute Gasteiger partial charge is 0.262 e. The molecule has 8 heteroatoms. The fraction of sp³-hybridized carbons (Fsp3) is 0.375. The first-order valence-electron chi connectivity index (χ1n) is 7.43. The van der Waals surface area contributed by atoms with Crippen LogP contribution in [0.25, 0.3) is 0 Å². The number of hydrogen-bond acceptors (Lipinski definition) is 6. The van der Waals surface area contributed by atoms with Crippen molar-refractivity contribution in [2.24, 2.45) is 0 Å². The summed E-state index contributed by atoms with van der Waals surface area (Å²) < 4.78 is 27.9. The zero-order valence-corrected chi connectivity index (χ0v) is 15.6. The number of benzene rings is 1. The topological polar surface area (TPSA) is 78.4 Å². The Morgan fingerprint density at radius 3 is 2.21 bits per heavy atom. The molecule has 7 nitrogen and oxygen atoms in total. The van der Waals surface area contributed by atoms with E-state index in [4.69, 9.17) is 0 Å². The number of anilines is 3. The summed E-state index contributed by atoms with van der Waals surface area (Å²) in [6.45, 7) is 3.83. The number of rotatable bonds is 5. The van der Waals surface area contributed by atoms with Crippen molar-refractivity contribution in [3.8, 4) is 0 Å². The van der Waals surface area contributed by atoms with Crippen molar-refractivity contribution >= 4 is 27.5 Å². The van der Waals surface area contributed by atoms with E-state index in [-0.39, 0.29) is 4.90 Å². The normalized spacial score (nSPS) is 11.2. The van der Waals surface area contributed by atoms with Crippen molar-refractivity contribution in [2.75, 3.05) is 42.7 Å². The Bertz CT molecular complexity index is 848. The van der Waals surface area contributed by atoms with E-state index in [0.717, 1.165) is 11.1 Å². The third-order valence-electron chi connectivity index (χ3n) is 3.61. The van der Waals surface area contributed by atoms with Gasteiger partial charge in [0, 0.05) is 28.2 Å². The van der Waals surface area contributed by atoms with Crippen LogP contribution in [-0.4, -0.2) is 46.6 Å². The minimum absolute atomic E-state index is 0.215. The van der Waals surface area contributed by atoms with Crippen LogP contribution in [0.5, 0.6) is 0 Å². The Morgan fingerprint density at radius 1 is 1.00 bits per heavy atom. The fourth-order valence-electron chi connectivity index (χ4n) is 2.08. The monoisotopic (exact) mass is 349 g/mol. The molecule has 0 spiro atoms. The molecule has 0 atom stereocenters. The number of nitrogens with one attached hydrogen (secondary N) is 1. The summed E-state index contributed by atoms with van der Waals surface area (Å²) in [6, 6.07) is 5.04. The Labute approximate surface area is 143 Å². The molecule has 24 heavy (non-hydrogen) atoms. The molecule has 130 valence electrons. The molecule has 0 bridgehead atoms. The van der Waals surface area contributed by atoms with Gasteiger partial charge < -0.3 is 9.80 Å². The molecule has 0 saturated carbocycles. The molecule has 0 saturated heterocycles. The molecule has 1 heterocycles. The van der Waals surface area contributed by atoms with Gasteiger partial charge in [-0.15, -0.1) is 0 Å². The Balaban J connectivity index is 2.43. The van der Waals surface area contributed by atoms with Gasteiger partial charge in [0.25, 0.3) is 10.0 Å². The number of aryl methyl sites for hydroxylation is 2. The van der Waals surface area contributed by atoms with E-state index < -0.39 is 10.0 Å². The van der Waals surface area contributed by atoms with E-state index in [1.807, 2.05) is 27.9 Å². The maximum absolute atomic E-state index is 12.7. The van der Waals surface area contributed by atoms with Gasteiger partial charge in [-0.05, 0) is 37.1 Å². The molecule has 1 N–H and O–H groups in total. The molecule has 2 aromatic rings. The van der Waals surface area contributed by atoms with Gasteiger partial charge in [0.15, 0.2) is 5.82 Å². The molecule has 0 aliphatic rings. The molecular weight excluding hydrogens is 326 g/mol. The van der Waals surface area contributed by atoms with Gasteiger partial charge in [-0.2, -0.15) is 4.98 Å². The van der Waals surface area contributed by atoms with Crippen LogP contribution in [-0.2, 0) is 10.0 Å². The standard InChI is InChI=1S/C16H23N5O2S/c1-11-7-8-13(9-12(11)2)24(22,23)19-14-10-17-16(21(5)6)18-15(14)20(3)4/h7-10,19H,1-6H3. The third kappa shape index (κ3) is 3.76. The molecule has 0 amide bonds. The zero-order valence-electron chi connectivity index (χ0n) is 14.8. The Kier molecular flexibility index (Phi) is 4.98. The van der Waals surface area contributed by atoms with Crippen molar-refractivity contribution in [1.29, 1.82) is 0 Å². The highest BCUT2D eigenvalue weighted by Crippen LogP contribution is 2.26. The van der Waals surface area contributed by atoms with Crippen LogP contribution in [0.3, 0.4) is 0 Å². The molecule has 0 fully saturated rings. The van der Waals surface area contributed by atoms with Crippen molar-refractivity contribution in [1.82, 2.24) is 9.97 Å². The number of hydrogen-bond donors (Lipinski definition) is 1. The van der Waals surface area contributed by atoms with E-state index in [1.165, 1.54) is 6.20 Å². The highest BCUT2D eigenvalue weighted by Gasteiger charge is 2.19. The number of nitrogens with zero attached hydrogens (tertiary/aromatic N) is 4. The van der Waals surface area contributed by atoms with Gasteiger partial charge in [0.2, 0.25) is 5.95 Å². The molecule has 1 aromatic carbocycles. The fourth-order valence-corrected chi connectivity index (χ4v) is 3.21. The first-order valence-corrected chi connectivity index (χ1v) is 8.92. The lowest BCUT2D eigenvalue weighted by Crippen LogP contribution is -2.21. The summed E-state index contributed by atoms with van der Waals surface area (Å²) in [6.07, 6.45) is 1.48. The van der Waals surface area contributed by atoms with Crippen LogP contribution < -0.4 is 14.5 Å². The summed E-state index contributed by atoms with van der Waals surface area (Å²) >= 11 is 0.